The molecule has 32 heavy (non-hydrogen) atoms. The number of carbonyl (C=O) groups is 1. The van der Waals surface area contributed by atoms with E-state index in [1.54, 1.807) is 12.4 Å². The number of fused-ring (bicyclic) bond motifs is 1. The lowest BCUT2D eigenvalue weighted by molar-refractivity contribution is -0.120. The van der Waals surface area contributed by atoms with Crippen molar-refractivity contribution < 1.29 is 10.0 Å². The minimum absolute atomic E-state index is 0.0807. The Morgan fingerprint density at radius 1 is 1.28 bits per heavy atom. The fraction of sp³-hybridized carbons (Fsp3) is 0.417. The molecule has 1 atom stereocenters. The van der Waals surface area contributed by atoms with E-state index in [9.17, 15) is 10.0 Å². The Morgan fingerprint density at radius 3 is 2.88 bits per heavy atom. The molecule has 1 aromatic carbocycles. The molecule has 0 bridgehead atoms. The third-order valence-electron chi connectivity index (χ3n) is 6.16. The number of hydrogen-bond acceptors (Lipinski definition) is 6. The highest BCUT2D eigenvalue weighted by molar-refractivity contribution is 6.30. The average Bonchev–Trinajstić information content (AvgIpc) is 3.25. The van der Waals surface area contributed by atoms with Crippen LogP contribution in [0, 0.1) is 0 Å². The molecule has 1 aromatic heterocycles. The first-order chi connectivity index (χ1) is 15.5. The Kier molecular flexibility index (Phi) is 7.29. The van der Waals surface area contributed by atoms with Crippen LogP contribution in [-0.4, -0.2) is 58.2 Å². The Bertz CT molecular complexity index is 965. The summed E-state index contributed by atoms with van der Waals surface area (Å²) in [6.07, 6.45) is 8.90. The van der Waals surface area contributed by atoms with Gasteiger partial charge in [0, 0.05) is 48.5 Å². The maximum absolute atomic E-state index is 11.6. The molecule has 170 valence electrons. The fourth-order valence-electron chi connectivity index (χ4n) is 4.43. The highest BCUT2D eigenvalue weighted by Crippen LogP contribution is 2.34. The molecular weight excluding hydrogens is 426 g/mol. The molecule has 0 radical (unpaired) electrons. The molecule has 1 amide bonds. The van der Waals surface area contributed by atoms with Crippen LogP contribution < -0.4 is 10.5 Å². The van der Waals surface area contributed by atoms with Gasteiger partial charge in [0.2, 0.25) is 5.91 Å². The lowest BCUT2D eigenvalue weighted by Gasteiger charge is -2.39. The first kappa shape index (κ1) is 22.6. The summed E-state index contributed by atoms with van der Waals surface area (Å²) in [5.74, 6) is 0.0807. The standard InChI is InChI=1S/C24H30ClN5O2/c1-2-24(31)27-11-13-28-12-3-4-21(28)17-29-16-19(14-18-5-7-20(25)8-6-18)22-9-10-26-15-23(22)30(29)32/h5-10,15-16,21,32H,2-4,11-14,17H2,1H3,(H,27,31)/t21-/m1/s1. The number of amides is 1. The summed E-state index contributed by atoms with van der Waals surface area (Å²) in [6.45, 7) is 4.99. The van der Waals surface area contributed by atoms with Crippen molar-refractivity contribution in [3.8, 4) is 0 Å². The largest absolute Gasteiger partial charge is 0.355 e. The summed E-state index contributed by atoms with van der Waals surface area (Å²) >= 11 is 6.05. The molecule has 4 rings (SSSR count). The number of benzene rings is 1. The van der Waals surface area contributed by atoms with E-state index < -0.39 is 0 Å². The zero-order valence-electron chi connectivity index (χ0n) is 18.4. The van der Waals surface area contributed by atoms with Gasteiger partial charge in [-0.3, -0.25) is 24.9 Å². The molecule has 0 aliphatic carbocycles. The summed E-state index contributed by atoms with van der Waals surface area (Å²) in [5.41, 5.74) is 3.93. The number of halogens is 1. The molecule has 2 aromatic rings. The maximum atomic E-state index is 11.6. The molecular formula is C24H30ClN5O2. The van der Waals surface area contributed by atoms with E-state index in [1.807, 2.05) is 48.5 Å². The van der Waals surface area contributed by atoms with E-state index in [2.05, 4.69) is 15.2 Å². The van der Waals surface area contributed by atoms with Crippen molar-refractivity contribution in [1.29, 1.82) is 0 Å². The zero-order chi connectivity index (χ0) is 22.5. The summed E-state index contributed by atoms with van der Waals surface area (Å²) in [6, 6.07) is 10.1. The number of nitrogens with zero attached hydrogens (tertiary/aromatic N) is 4. The number of carbonyl (C=O) groups excluding carboxylic acids is 1. The van der Waals surface area contributed by atoms with Crippen LogP contribution in [0.3, 0.4) is 0 Å². The smallest absolute Gasteiger partial charge is 0.219 e. The highest BCUT2D eigenvalue weighted by Gasteiger charge is 2.30. The molecule has 8 heteroatoms. The third-order valence-corrected chi connectivity index (χ3v) is 6.41. The molecule has 0 saturated carbocycles. The fourth-order valence-corrected chi connectivity index (χ4v) is 4.55. The van der Waals surface area contributed by atoms with Crippen LogP contribution in [-0.2, 0) is 11.2 Å². The molecule has 3 heterocycles. The van der Waals surface area contributed by atoms with Crippen LogP contribution in [0.15, 0.2) is 48.9 Å². The van der Waals surface area contributed by atoms with E-state index in [-0.39, 0.29) is 5.91 Å². The van der Waals surface area contributed by atoms with Gasteiger partial charge >= 0.3 is 0 Å². The number of anilines is 1. The monoisotopic (exact) mass is 455 g/mol. The van der Waals surface area contributed by atoms with Gasteiger partial charge in [0.15, 0.2) is 0 Å². The van der Waals surface area contributed by atoms with Gasteiger partial charge < -0.3 is 5.32 Å². The van der Waals surface area contributed by atoms with Crippen molar-refractivity contribution in [2.45, 2.75) is 38.6 Å². The lowest BCUT2D eigenvalue weighted by atomic mass is 9.97. The Morgan fingerprint density at radius 2 is 2.09 bits per heavy atom. The Hall–Kier alpha value is -2.61. The summed E-state index contributed by atoms with van der Waals surface area (Å²) in [5, 5.41) is 17.7. The van der Waals surface area contributed by atoms with E-state index in [0.717, 1.165) is 54.1 Å². The second-order valence-electron chi connectivity index (χ2n) is 8.30. The molecule has 0 spiro atoms. The van der Waals surface area contributed by atoms with Crippen LogP contribution in [0.2, 0.25) is 5.02 Å². The number of rotatable bonds is 8. The number of hydrogen-bond donors (Lipinski definition) is 2. The Balaban J connectivity index is 1.50. The van der Waals surface area contributed by atoms with Crippen LogP contribution >= 0.6 is 11.6 Å². The normalized spacial score (nSPS) is 18.5. The molecule has 2 aliphatic heterocycles. The lowest BCUT2D eigenvalue weighted by Crippen LogP contribution is -2.48. The molecule has 2 N–H and O–H groups in total. The first-order valence-electron chi connectivity index (χ1n) is 11.2. The third kappa shape index (κ3) is 5.23. The zero-order valence-corrected chi connectivity index (χ0v) is 19.1. The van der Waals surface area contributed by atoms with E-state index >= 15 is 0 Å². The predicted molar refractivity (Wildman–Crippen MR) is 126 cm³/mol. The molecule has 2 aliphatic rings. The first-order valence-corrected chi connectivity index (χ1v) is 11.6. The summed E-state index contributed by atoms with van der Waals surface area (Å²) < 4.78 is 0. The van der Waals surface area contributed by atoms with E-state index in [0.29, 0.717) is 31.2 Å². The second-order valence-corrected chi connectivity index (χ2v) is 8.73. The van der Waals surface area contributed by atoms with Gasteiger partial charge in [-0.2, -0.15) is 5.17 Å². The van der Waals surface area contributed by atoms with Crippen molar-refractivity contribution in [2.75, 3.05) is 31.4 Å². The molecule has 0 unspecified atom stereocenters. The number of allylic oxidation sites excluding steroid dienone is 1. The van der Waals surface area contributed by atoms with Gasteiger partial charge in [0.05, 0.1) is 12.7 Å². The molecule has 7 nitrogen and oxygen atoms in total. The minimum Gasteiger partial charge on any atom is -0.355 e. The van der Waals surface area contributed by atoms with Crippen molar-refractivity contribution >= 4 is 28.8 Å². The van der Waals surface area contributed by atoms with Crippen LogP contribution in [0.1, 0.15) is 37.3 Å². The number of likely N-dealkylation sites (tertiary alicyclic amines) is 1. The van der Waals surface area contributed by atoms with Gasteiger partial charge in [0.25, 0.3) is 0 Å². The van der Waals surface area contributed by atoms with Crippen LogP contribution in [0.25, 0.3) is 5.57 Å². The van der Waals surface area contributed by atoms with Crippen LogP contribution in [0.5, 0.6) is 0 Å². The maximum Gasteiger partial charge on any atom is 0.219 e. The van der Waals surface area contributed by atoms with E-state index in [4.69, 9.17) is 11.6 Å². The quantitative estimate of drug-likeness (QED) is 0.631. The number of nitrogens with one attached hydrogen (secondary N) is 1. The summed E-state index contributed by atoms with van der Waals surface area (Å²) in [4.78, 5) is 18.2. The topological polar surface area (TPSA) is 71.9 Å². The minimum atomic E-state index is 0.0807. The Labute approximate surface area is 194 Å². The highest BCUT2D eigenvalue weighted by atomic mass is 35.5. The van der Waals surface area contributed by atoms with Gasteiger partial charge in [-0.1, -0.05) is 30.7 Å². The van der Waals surface area contributed by atoms with Gasteiger partial charge in [0.1, 0.15) is 5.69 Å². The predicted octanol–water partition coefficient (Wildman–Crippen LogP) is 3.74. The number of hydrazine groups is 1. The van der Waals surface area contributed by atoms with Crippen molar-refractivity contribution in [3.05, 3.63) is 65.1 Å². The average molecular weight is 456 g/mol. The van der Waals surface area contributed by atoms with Gasteiger partial charge in [-0.25, -0.2) is 0 Å². The van der Waals surface area contributed by atoms with Crippen LogP contribution in [0.4, 0.5) is 5.69 Å². The van der Waals surface area contributed by atoms with Crippen molar-refractivity contribution in [3.63, 3.8) is 0 Å². The molecule has 1 fully saturated rings. The number of pyridine rings is 1. The van der Waals surface area contributed by atoms with Crippen molar-refractivity contribution in [2.24, 2.45) is 0 Å². The SMILES string of the molecule is CCC(=O)NCCN1CCC[C@@H]1CN1C=C(Cc2ccc(Cl)cc2)c2ccncc2N1O. The van der Waals surface area contributed by atoms with Gasteiger partial charge in [-0.05, 0) is 55.1 Å². The van der Waals surface area contributed by atoms with E-state index in [1.165, 1.54) is 5.17 Å². The van der Waals surface area contributed by atoms with Crippen molar-refractivity contribution in [1.82, 2.24) is 20.2 Å². The summed E-state index contributed by atoms with van der Waals surface area (Å²) in [7, 11) is 0. The molecule has 1 saturated heterocycles. The number of aromatic nitrogens is 1. The van der Waals surface area contributed by atoms with Gasteiger partial charge in [-0.15, -0.1) is 0 Å². The second kappa shape index (κ2) is 10.3.